The first-order chi connectivity index (χ1) is 11.6. The molecular formula is C20H27NO3. The summed E-state index contributed by atoms with van der Waals surface area (Å²) in [5, 5.41) is 0. The Morgan fingerprint density at radius 3 is 2.62 bits per heavy atom. The first-order valence-corrected chi connectivity index (χ1v) is 9.13. The van der Waals surface area contributed by atoms with Gasteiger partial charge < -0.3 is 9.64 Å². The first kappa shape index (κ1) is 17.0. The number of carbonyl (C=O) groups excluding carboxylic acids is 2. The van der Waals surface area contributed by atoms with Crippen LogP contribution in [0.25, 0.3) is 0 Å². The third kappa shape index (κ3) is 3.63. The summed E-state index contributed by atoms with van der Waals surface area (Å²) in [5.41, 5.74) is 0.667. The molecule has 2 fully saturated rings. The van der Waals surface area contributed by atoms with E-state index in [1.54, 1.807) is 12.1 Å². The van der Waals surface area contributed by atoms with Crippen molar-refractivity contribution in [2.75, 3.05) is 13.2 Å². The molecule has 4 heteroatoms. The van der Waals surface area contributed by atoms with Crippen LogP contribution < -0.4 is 0 Å². The SMILES string of the molecule is CC1CCC2(CCC(=O)N2CCCOC(=O)c2ccccc2)CC1. The smallest absolute Gasteiger partial charge is 0.338 e. The third-order valence-electron chi connectivity index (χ3n) is 5.65. The van der Waals surface area contributed by atoms with Crippen LogP contribution in [-0.2, 0) is 9.53 Å². The van der Waals surface area contributed by atoms with Crippen LogP contribution in [0.1, 0.15) is 62.2 Å². The van der Waals surface area contributed by atoms with Crippen molar-refractivity contribution in [1.29, 1.82) is 0 Å². The van der Waals surface area contributed by atoms with Crippen molar-refractivity contribution >= 4 is 11.9 Å². The molecule has 4 nitrogen and oxygen atoms in total. The summed E-state index contributed by atoms with van der Waals surface area (Å²) in [7, 11) is 0. The number of amides is 1. The molecule has 1 spiro atoms. The summed E-state index contributed by atoms with van der Waals surface area (Å²) < 4.78 is 5.34. The first-order valence-electron chi connectivity index (χ1n) is 9.13. The zero-order valence-electron chi connectivity index (χ0n) is 14.5. The zero-order chi connectivity index (χ0) is 17.0. The lowest BCUT2D eigenvalue weighted by Gasteiger charge is -2.43. The Kier molecular flexibility index (Phi) is 5.22. The minimum Gasteiger partial charge on any atom is -0.462 e. The minimum absolute atomic E-state index is 0.0903. The normalized spacial score (nSPS) is 26.8. The average molecular weight is 329 g/mol. The van der Waals surface area contributed by atoms with Crippen LogP contribution in [0.15, 0.2) is 30.3 Å². The van der Waals surface area contributed by atoms with E-state index in [4.69, 9.17) is 4.74 Å². The maximum absolute atomic E-state index is 12.3. The molecule has 0 unspecified atom stereocenters. The molecule has 1 aromatic rings. The molecule has 1 aliphatic carbocycles. The Labute approximate surface area is 144 Å². The third-order valence-corrected chi connectivity index (χ3v) is 5.65. The molecular weight excluding hydrogens is 302 g/mol. The van der Waals surface area contributed by atoms with Crippen molar-refractivity contribution in [1.82, 2.24) is 4.90 Å². The van der Waals surface area contributed by atoms with E-state index in [0.29, 0.717) is 31.6 Å². The van der Waals surface area contributed by atoms with Crippen LogP contribution in [0, 0.1) is 5.92 Å². The molecule has 24 heavy (non-hydrogen) atoms. The number of hydrogen-bond donors (Lipinski definition) is 0. The van der Waals surface area contributed by atoms with Gasteiger partial charge in [-0.2, -0.15) is 0 Å². The second-order valence-electron chi connectivity index (χ2n) is 7.31. The standard InChI is InChI=1S/C20H27NO3/c1-16-8-11-20(12-9-16)13-10-18(22)21(20)14-5-15-24-19(23)17-6-3-2-4-7-17/h2-4,6-7,16H,5,8-15H2,1H3. The van der Waals surface area contributed by atoms with Gasteiger partial charge in [0.2, 0.25) is 5.91 Å². The molecule has 2 aliphatic rings. The Hall–Kier alpha value is -1.84. The Morgan fingerprint density at radius 2 is 1.92 bits per heavy atom. The number of likely N-dealkylation sites (tertiary alicyclic amines) is 1. The molecule has 0 bridgehead atoms. The summed E-state index contributed by atoms with van der Waals surface area (Å²) in [4.78, 5) is 26.3. The van der Waals surface area contributed by atoms with Crippen LogP contribution in [-0.4, -0.2) is 35.5 Å². The summed E-state index contributed by atoms with van der Waals surface area (Å²) >= 11 is 0. The average Bonchev–Trinajstić information content (AvgIpc) is 2.91. The Bertz CT molecular complexity index is 576. The lowest BCUT2D eigenvalue weighted by Crippen LogP contribution is -2.48. The molecule has 0 radical (unpaired) electrons. The van der Waals surface area contributed by atoms with Crippen molar-refractivity contribution in [2.45, 2.75) is 57.4 Å². The highest BCUT2D eigenvalue weighted by molar-refractivity contribution is 5.89. The van der Waals surface area contributed by atoms with Crippen LogP contribution in [0.3, 0.4) is 0 Å². The summed E-state index contributed by atoms with van der Waals surface area (Å²) in [5.74, 6) is 0.767. The lowest BCUT2D eigenvalue weighted by atomic mass is 9.75. The van der Waals surface area contributed by atoms with E-state index < -0.39 is 0 Å². The summed E-state index contributed by atoms with van der Waals surface area (Å²) in [6.45, 7) is 3.37. The molecule has 1 aromatic carbocycles. The van der Waals surface area contributed by atoms with Crippen molar-refractivity contribution < 1.29 is 14.3 Å². The molecule has 0 aromatic heterocycles. The number of nitrogens with zero attached hydrogens (tertiary/aromatic N) is 1. The number of hydrogen-bond acceptors (Lipinski definition) is 3. The highest BCUT2D eigenvalue weighted by atomic mass is 16.5. The molecule has 130 valence electrons. The van der Waals surface area contributed by atoms with Crippen LogP contribution >= 0.6 is 0 Å². The molecule has 1 heterocycles. The number of ether oxygens (including phenoxy) is 1. The molecule has 1 saturated carbocycles. The van der Waals surface area contributed by atoms with Gasteiger partial charge >= 0.3 is 5.97 Å². The van der Waals surface area contributed by atoms with E-state index in [1.165, 1.54) is 12.8 Å². The monoisotopic (exact) mass is 329 g/mol. The van der Waals surface area contributed by atoms with E-state index >= 15 is 0 Å². The van der Waals surface area contributed by atoms with Gasteiger partial charge in [-0.3, -0.25) is 4.79 Å². The van der Waals surface area contributed by atoms with Gasteiger partial charge in [0.15, 0.2) is 0 Å². The van der Waals surface area contributed by atoms with Gasteiger partial charge in [0, 0.05) is 18.5 Å². The Balaban J connectivity index is 1.48. The fourth-order valence-corrected chi connectivity index (χ4v) is 4.10. The van der Waals surface area contributed by atoms with Crippen molar-refractivity contribution in [3.63, 3.8) is 0 Å². The molecule has 1 amide bonds. The maximum Gasteiger partial charge on any atom is 0.338 e. The van der Waals surface area contributed by atoms with Gasteiger partial charge in [-0.25, -0.2) is 4.79 Å². The van der Waals surface area contributed by atoms with Gasteiger partial charge in [0.25, 0.3) is 0 Å². The fourth-order valence-electron chi connectivity index (χ4n) is 4.10. The molecule has 3 rings (SSSR count). The lowest BCUT2D eigenvalue weighted by molar-refractivity contribution is -0.132. The van der Waals surface area contributed by atoms with E-state index in [-0.39, 0.29) is 17.4 Å². The molecule has 0 N–H and O–H groups in total. The number of benzene rings is 1. The summed E-state index contributed by atoms with van der Waals surface area (Å²) in [6, 6.07) is 9.04. The van der Waals surface area contributed by atoms with Crippen molar-refractivity contribution in [3.05, 3.63) is 35.9 Å². The second-order valence-corrected chi connectivity index (χ2v) is 7.31. The summed E-state index contributed by atoms with van der Waals surface area (Å²) in [6.07, 6.45) is 7.08. The van der Waals surface area contributed by atoms with Crippen LogP contribution in [0.4, 0.5) is 0 Å². The number of esters is 1. The van der Waals surface area contributed by atoms with Gasteiger partial charge in [-0.05, 0) is 56.6 Å². The predicted molar refractivity (Wildman–Crippen MR) is 92.7 cm³/mol. The molecule has 1 saturated heterocycles. The van der Waals surface area contributed by atoms with Crippen LogP contribution in [0.2, 0.25) is 0 Å². The maximum atomic E-state index is 12.3. The van der Waals surface area contributed by atoms with E-state index in [9.17, 15) is 9.59 Å². The predicted octanol–water partition coefficient (Wildman–Crippen LogP) is 3.80. The number of carbonyl (C=O) groups is 2. The molecule has 0 atom stereocenters. The van der Waals surface area contributed by atoms with Crippen molar-refractivity contribution in [2.24, 2.45) is 5.92 Å². The van der Waals surface area contributed by atoms with E-state index in [0.717, 1.165) is 25.2 Å². The Morgan fingerprint density at radius 1 is 1.21 bits per heavy atom. The topological polar surface area (TPSA) is 46.6 Å². The number of rotatable bonds is 5. The van der Waals surface area contributed by atoms with Crippen molar-refractivity contribution in [3.8, 4) is 0 Å². The highest BCUT2D eigenvalue weighted by Gasteiger charge is 2.46. The minimum atomic E-state index is -0.287. The largest absolute Gasteiger partial charge is 0.462 e. The van der Waals surface area contributed by atoms with Gasteiger partial charge in [0.05, 0.1) is 12.2 Å². The second kappa shape index (κ2) is 7.37. The van der Waals surface area contributed by atoms with Gasteiger partial charge in [0.1, 0.15) is 0 Å². The van der Waals surface area contributed by atoms with E-state index in [1.807, 2.05) is 18.2 Å². The van der Waals surface area contributed by atoms with Crippen LogP contribution in [0.5, 0.6) is 0 Å². The highest BCUT2D eigenvalue weighted by Crippen LogP contribution is 2.43. The van der Waals surface area contributed by atoms with Gasteiger partial charge in [-0.15, -0.1) is 0 Å². The fraction of sp³-hybridized carbons (Fsp3) is 0.600. The molecule has 1 aliphatic heterocycles. The quantitative estimate of drug-likeness (QED) is 0.610. The van der Waals surface area contributed by atoms with Gasteiger partial charge in [-0.1, -0.05) is 25.1 Å². The van der Waals surface area contributed by atoms with E-state index in [2.05, 4.69) is 11.8 Å². The zero-order valence-corrected chi connectivity index (χ0v) is 14.5.